The molecule has 1 saturated heterocycles. The molecule has 2 N–H and O–H groups in total. The number of carboxylic acids is 1. The highest BCUT2D eigenvalue weighted by Crippen LogP contribution is 2.30. The van der Waals surface area contributed by atoms with Gasteiger partial charge in [-0.05, 0) is 18.8 Å². The Morgan fingerprint density at radius 3 is 2.65 bits per heavy atom. The number of hydrogen-bond acceptors (Lipinski definition) is 4. The lowest BCUT2D eigenvalue weighted by atomic mass is 10.2. The van der Waals surface area contributed by atoms with E-state index in [4.69, 9.17) is 5.11 Å². The van der Waals surface area contributed by atoms with Crippen molar-refractivity contribution >= 4 is 28.9 Å². The second-order valence-corrected chi connectivity index (χ2v) is 5.34. The van der Waals surface area contributed by atoms with E-state index in [1.165, 1.54) is 4.90 Å². The molecule has 6 nitrogen and oxygen atoms in total. The van der Waals surface area contributed by atoms with Gasteiger partial charge in [-0.25, -0.2) is 0 Å². The monoisotopic (exact) mass is 258 g/mol. The van der Waals surface area contributed by atoms with Crippen LogP contribution in [0.2, 0.25) is 0 Å². The molecule has 7 heteroatoms. The summed E-state index contributed by atoms with van der Waals surface area (Å²) in [6.45, 7) is 0.203. The largest absolute Gasteiger partial charge is 0.480 e. The second-order valence-electron chi connectivity index (χ2n) is 4.35. The number of nitrogens with zero attached hydrogens (tertiary/aromatic N) is 1. The van der Waals surface area contributed by atoms with Crippen molar-refractivity contribution in [2.75, 3.05) is 18.8 Å². The first-order chi connectivity index (χ1) is 8.06. The molecule has 0 spiro atoms. The van der Waals surface area contributed by atoms with Gasteiger partial charge >= 0.3 is 5.97 Å². The summed E-state index contributed by atoms with van der Waals surface area (Å²) < 4.78 is 0. The Bertz CT molecular complexity index is 356. The molecule has 0 bridgehead atoms. The van der Waals surface area contributed by atoms with Crippen LogP contribution in [0.1, 0.15) is 12.8 Å². The van der Waals surface area contributed by atoms with E-state index in [2.05, 4.69) is 5.32 Å². The highest BCUT2D eigenvalue weighted by Gasteiger charge is 2.34. The zero-order valence-corrected chi connectivity index (χ0v) is 10.0. The summed E-state index contributed by atoms with van der Waals surface area (Å²) in [5.41, 5.74) is 0. The van der Waals surface area contributed by atoms with Crippen molar-refractivity contribution in [1.82, 2.24) is 10.2 Å². The van der Waals surface area contributed by atoms with Gasteiger partial charge in [-0.3, -0.25) is 14.4 Å². The standard InChI is InChI=1S/C10H14N2O4S/c13-8(14)4-12(3-6-1-2-6)9(15)7-5-17-10(16)11-7/h6-7H,1-5H2,(H,11,16)(H,13,14). The molecule has 2 aliphatic rings. The molecule has 0 aromatic heterocycles. The zero-order valence-electron chi connectivity index (χ0n) is 9.22. The number of carbonyl (C=O) groups is 3. The molecule has 1 aliphatic carbocycles. The van der Waals surface area contributed by atoms with E-state index < -0.39 is 12.0 Å². The van der Waals surface area contributed by atoms with Gasteiger partial charge in [0.15, 0.2) is 0 Å². The van der Waals surface area contributed by atoms with E-state index in [-0.39, 0.29) is 17.7 Å². The minimum Gasteiger partial charge on any atom is -0.480 e. The maximum atomic E-state index is 12.0. The van der Waals surface area contributed by atoms with E-state index in [9.17, 15) is 14.4 Å². The highest BCUT2D eigenvalue weighted by atomic mass is 32.2. The van der Waals surface area contributed by atoms with Crippen LogP contribution >= 0.6 is 11.8 Å². The number of rotatable bonds is 5. The van der Waals surface area contributed by atoms with Crippen molar-refractivity contribution in [2.45, 2.75) is 18.9 Å². The highest BCUT2D eigenvalue weighted by molar-refractivity contribution is 8.14. The lowest BCUT2D eigenvalue weighted by Crippen LogP contribution is -2.48. The molecule has 17 heavy (non-hydrogen) atoms. The van der Waals surface area contributed by atoms with Crippen LogP contribution in [0, 0.1) is 5.92 Å². The third-order valence-electron chi connectivity index (χ3n) is 2.78. The summed E-state index contributed by atoms with van der Waals surface area (Å²) in [6, 6.07) is -0.564. The molecular formula is C10H14N2O4S. The molecular weight excluding hydrogens is 244 g/mol. The summed E-state index contributed by atoms with van der Waals surface area (Å²) in [7, 11) is 0. The summed E-state index contributed by atoms with van der Waals surface area (Å²) in [6.07, 6.45) is 2.10. The lowest BCUT2D eigenvalue weighted by Gasteiger charge is -2.23. The minimum atomic E-state index is -1.02. The molecule has 2 rings (SSSR count). The molecule has 0 radical (unpaired) electrons. The Morgan fingerprint density at radius 1 is 1.47 bits per heavy atom. The van der Waals surface area contributed by atoms with Crippen LogP contribution < -0.4 is 5.32 Å². The van der Waals surface area contributed by atoms with Crippen molar-refractivity contribution in [3.05, 3.63) is 0 Å². The molecule has 1 saturated carbocycles. The smallest absolute Gasteiger partial charge is 0.323 e. The van der Waals surface area contributed by atoms with E-state index in [1.807, 2.05) is 0 Å². The number of thioether (sulfide) groups is 1. The van der Waals surface area contributed by atoms with Crippen LogP contribution in [0.4, 0.5) is 4.79 Å². The third-order valence-corrected chi connectivity index (χ3v) is 3.66. The van der Waals surface area contributed by atoms with Gasteiger partial charge in [0.2, 0.25) is 5.91 Å². The quantitative estimate of drug-likeness (QED) is 0.732. The maximum Gasteiger partial charge on any atom is 0.323 e. The van der Waals surface area contributed by atoms with E-state index >= 15 is 0 Å². The molecule has 2 amide bonds. The van der Waals surface area contributed by atoms with Gasteiger partial charge in [0.05, 0.1) is 0 Å². The lowest BCUT2D eigenvalue weighted by molar-refractivity contribution is -0.145. The number of hydrogen-bond donors (Lipinski definition) is 2. The Kier molecular flexibility index (Phi) is 3.56. The number of carbonyl (C=O) groups excluding carboxylic acids is 2. The van der Waals surface area contributed by atoms with Gasteiger partial charge in [-0.1, -0.05) is 11.8 Å². The van der Waals surface area contributed by atoms with Gasteiger partial charge < -0.3 is 15.3 Å². The van der Waals surface area contributed by atoms with Crippen LogP contribution in [-0.4, -0.2) is 52.0 Å². The predicted molar refractivity (Wildman–Crippen MR) is 61.7 cm³/mol. The average Bonchev–Trinajstić information content (AvgIpc) is 2.96. The van der Waals surface area contributed by atoms with Crippen LogP contribution in [0.3, 0.4) is 0 Å². The predicted octanol–water partition coefficient (Wildman–Crippen LogP) is 0.135. The Balaban J connectivity index is 1.95. The van der Waals surface area contributed by atoms with Crippen LogP contribution in [-0.2, 0) is 9.59 Å². The fourth-order valence-corrected chi connectivity index (χ4v) is 2.52. The first-order valence-electron chi connectivity index (χ1n) is 5.50. The Labute approximate surface area is 103 Å². The molecule has 0 aromatic carbocycles. The molecule has 94 valence electrons. The van der Waals surface area contributed by atoms with Crippen LogP contribution in [0.5, 0.6) is 0 Å². The first-order valence-corrected chi connectivity index (χ1v) is 6.48. The van der Waals surface area contributed by atoms with E-state index in [0.29, 0.717) is 18.2 Å². The minimum absolute atomic E-state index is 0.218. The van der Waals surface area contributed by atoms with E-state index in [0.717, 1.165) is 24.6 Å². The number of aliphatic carboxylic acids is 1. The summed E-state index contributed by atoms with van der Waals surface area (Å²) in [5, 5.41) is 11.1. The molecule has 1 aliphatic heterocycles. The summed E-state index contributed by atoms with van der Waals surface area (Å²) in [4.78, 5) is 35.1. The topological polar surface area (TPSA) is 86.7 Å². The molecule has 1 heterocycles. The van der Waals surface area contributed by atoms with Crippen LogP contribution in [0.15, 0.2) is 0 Å². The molecule has 1 unspecified atom stereocenters. The summed E-state index contributed by atoms with van der Waals surface area (Å²) in [5.74, 6) is -0.477. The summed E-state index contributed by atoms with van der Waals surface area (Å²) >= 11 is 1.06. The van der Waals surface area contributed by atoms with Crippen molar-refractivity contribution in [3.8, 4) is 0 Å². The van der Waals surface area contributed by atoms with Crippen LogP contribution in [0.25, 0.3) is 0 Å². The van der Waals surface area contributed by atoms with Gasteiger partial charge in [0.1, 0.15) is 12.6 Å². The first kappa shape index (κ1) is 12.2. The number of carboxylic acid groups (broad SMARTS) is 1. The molecule has 1 atom stereocenters. The molecule has 0 aromatic rings. The zero-order chi connectivity index (χ0) is 12.4. The normalized spacial score (nSPS) is 23.3. The van der Waals surface area contributed by atoms with Gasteiger partial charge in [0.25, 0.3) is 5.24 Å². The average molecular weight is 258 g/mol. The fourth-order valence-electron chi connectivity index (χ4n) is 1.75. The molecule has 2 fully saturated rings. The van der Waals surface area contributed by atoms with Crippen molar-refractivity contribution in [3.63, 3.8) is 0 Å². The van der Waals surface area contributed by atoms with Gasteiger partial charge in [0, 0.05) is 12.3 Å². The third kappa shape index (κ3) is 3.36. The number of amides is 2. The second kappa shape index (κ2) is 4.95. The van der Waals surface area contributed by atoms with Gasteiger partial charge in [-0.15, -0.1) is 0 Å². The Morgan fingerprint density at radius 2 is 2.18 bits per heavy atom. The SMILES string of the molecule is O=C(O)CN(CC1CC1)C(=O)C1CSC(=O)N1. The Hall–Kier alpha value is -1.24. The van der Waals surface area contributed by atoms with Crippen molar-refractivity contribution in [2.24, 2.45) is 5.92 Å². The van der Waals surface area contributed by atoms with Crippen molar-refractivity contribution in [1.29, 1.82) is 0 Å². The van der Waals surface area contributed by atoms with Crippen molar-refractivity contribution < 1.29 is 19.5 Å². The fraction of sp³-hybridized carbons (Fsp3) is 0.700. The van der Waals surface area contributed by atoms with Gasteiger partial charge in [-0.2, -0.15) is 0 Å². The number of nitrogens with one attached hydrogen (secondary N) is 1. The maximum absolute atomic E-state index is 12.0. The van der Waals surface area contributed by atoms with E-state index in [1.54, 1.807) is 0 Å².